The highest BCUT2D eigenvalue weighted by atomic mass is 79.9. The number of sulfonamides is 1. The van der Waals surface area contributed by atoms with Crippen molar-refractivity contribution in [2.24, 2.45) is 0 Å². The zero-order valence-corrected chi connectivity index (χ0v) is 27.6. The van der Waals surface area contributed by atoms with Crippen LogP contribution in [0.15, 0.2) is 71.2 Å². The maximum atomic E-state index is 14.2. The highest BCUT2D eigenvalue weighted by molar-refractivity contribution is 9.10. The Morgan fingerprint density at radius 3 is 2.21 bits per heavy atom. The quantitative estimate of drug-likeness (QED) is 0.220. The molecule has 0 saturated heterocycles. The third-order valence-electron chi connectivity index (χ3n) is 7.15. The van der Waals surface area contributed by atoms with E-state index in [1.165, 1.54) is 17.0 Å². The number of rotatable bonds is 11. The van der Waals surface area contributed by atoms with Crippen molar-refractivity contribution in [1.82, 2.24) is 10.2 Å². The minimum Gasteiger partial charge on any atom is -0.352 e. The van der Waals surface area contributed by atoms with E-state index in [1.807, 2.05) is 54.6 Å². The van der Waals surface area contributed by atoms with Crippen LogP contribution in [0.1, 0.15) is 36.8 Å². The topological polar surface area (TPSA) is 86.8 Å². The Morgan fingerprint density at radius 2 is 1.57 bits per heavy atom. The van der Waals surface area contributed by atoms with Crippen molar-refractivity contribution in [2.45, 2.75) is 50.7 Å². The first-order valence-corrected chi connectivity index (χ1v) is 17.2. The molecule has 12 heteroatoms. The van der Waals surface area contributed by atoms with Gasteiger partial charge in [0.15, 0.2) is 0 Å². The Morgan fingerprint density at radius 1 is 0.929 bits per heavy atom. The zero-order valence-electron chi connectivity index (χ0n) is 22.9. The van der Waals surface area contributed by atoms with E-state index in [0.29, 0.717) is 0 Å². The van der Waals surface area contributed by atoms with Crippen molar-refractivity contribution in [1.29, 1.82) is 0 Å². The third-order valence-corrected chi connectivity index (χ3v) is 9.80. The minimum absolute atomic E-state index is 0.0133. The Bertz CT molecular complexity index is 1540. The van der Waals surface area contributed by atoms with Crippen LogP contribution >= 0.6 is 50.7 Å². The number of nitrogens with one attached hydrogen (secondary N) is 1. The monoisotopic (exact) mass is 713 g/mol. The molecule has 1 fully saturated rings. The average molecular weight is 716 g/mol. The summed E-state index contributed by atoms with van der Waals surface area (Å²) in [6, 6.07) is 18.6. The van der Waals surface area contributed by atoms with Crippen LogP contribution in [0.4, 0.5) is 5.69 Å². The SMILES string of the molecule is CS(=O)(=O)N(CC(=O)N(Cc1cccc(Br)c1)C(Cc1ccccc1)C(=O)NC1CCCC1)c1cc(Cl)c(Cl)cc1Cl. The number of amides is 2. The summed E-state index contributed by atoms with van der Waals surface area (Å²) in [4.78, 5) is 29.6. The predicted molar refractivity (Wildman–Crippen MR) is 173 cm³/mol. The van der Waals surface area contributed by atoms with Crippen LogP contribution in [0.25, 0.3) is 0 Å². The van der Waals surface area contributed by atoms with Gasteiger partial charge in [-0.1, -0.05) is 106 Å². The van der Waals surface area contributed by atoms with E-state index in [4.69, 9.17) is 34.8 Å². The fourth-order valence-electron chi connectivity index (χ4n) is 5.05. The molecule has 2 amide bonds. The van der Waals surface area contributed by atoms with Crippen molar-refractivity contribution in [3.05, 3.63) is 97.4 Å². The number of nitrogens with zero attached hydrogens (tertiary/aromatic N) is 2. The van der Waals surface area contributed by atoms with Crippen molar-refractivity contribution in [3.63, 3.8) is 0 Å². The van der Waals surface area contributed by atoms with E-state index in [-0.39, 0.29) is 45.7 Å². The number of halogens is 4. The smallest absolute Gasteiger partial charge is 0.244 e. The first kappa shape index (κ1) is 32.6. The first-order valence-electron chi connectivity index (χ1n) is 13.4. The van der Waals surface area contributed by atoms with Crippen molar-refractivity contribution in [3.8, 4) is 0 Å². The van der Waals surface area contributed by atoms with Crippen LogP contribution in [0.5, 0.6) is 0 Å². The standard InChI is InChI=1S/C30H31BrCl3N3O4S/c1-42(40,41)37(27-17-25(33)24(32)16-26(27)34)19-29(38)36(18-21-10-7-11-22(31)14-21)28(15-20-8-3-2-4-9-20)30(39)35-23-12-5-6-13-23/h2-4,7-11,14,16-17,23,28H,5-6,12-13,15,18-19H2,1H3,(H,35,39). The van der Waals surface area contributed by atoms with E-state index in [0.717, 1.165) is 51.8 Å². The van der Waals surface area contributed by atoms with Gasteiger partial charge in [0.25, 0.3) is 0 Å². The highest BCUT2D eigenvalue weighted by Gasteiger charge is 2.34. The number of hydrogen-bond donors (Lipinski definition) is 1. The number of anilines is 1. The van der Waals surface area contributed by atoms with Crippen LogP contribution < -0.4 is 9.62 Å². The van der Waals surface area contributed by atoms with Crippen molar-refractivity contribution in [2.75, 3.05) is 17.1 Å². The Labute approximate surface area is 270 Å². The summed E-state index contributed by atoms with van der Waals surface area (Å²) in [5.74, 6) is -0.863. The van der Waals surface area contributed by atoms with Crippen molar-refractivity contribution < 1.29 is 18.0 Å². The Kier molecular flexibility index (Phi) is 11.2. The highest BCUT2D eigenvalue weighted by Crippen LogP contribution is 2.36. The second-order valence-corrected chi connectivity index (χ2v) is 14.4. The largest absolute Gasteiger partial charge is 0.352 e. The van der Waals surface area contributed by atoms with E-state index in [1.54, 1.807) is 0 Å². The van der Waals surface area contributed by atoms with Crippen LogP contribution in [0.2, 0.25) is 15.1 Å². The predicted octanol–water partition coefficient (Wildman–Crippen LogP) is 6.87. The lowest BCUT2D eigenvalue weighted by Gasteiger charge is -2.34. The van der Waals surface area contributed by atoms with Crippen LogP contribution in [-0.2, 0) is 32.6 Å². The fraction of sp³-hybridized carbons (Fsp3) is 0.333. The molecule has 0 aliphatic heterocycles. The van der Waals surface area contributed by atoms with Crippen LogP contribution in [0.3, 0.4) is 0 Å². The Hall–Kier alpha value is -2.30. The minimum atomic E-state index is -4.01. The lowest BCUT2D eigenvalue weighted by atomic mass is 10.0. The molecule has 7 nitrogen and oxygen atoms in total. The molecule has 1 saturated carbocycles. The summed E-state index contributed by atoms with van der Waals surface area (Å²) in [5, 5.41) is 3.39. The molecule has 42 heavy (non-hydrogen) atoms. The summed E-state index contributed by atoms with van der Waals surface area (Å²) in [7, 11) is -4.01. The van der Waals surface area contributed by atoms with E-state index < -0.39 is 28.5 Å². The second kappa shape index (κ2) is 14.4. The average Bonchev–Trinajstić information content (AvgIpc) is 3.44. The molecule has 3 aromatic carbocycles. The van der Waals surface area contributed by atoms with Gasteiger partial charge in [0.1, 0.15) is 12.6 Å². The van der Waals surface area contributed by atoms with Gasteiger partial charge in [-0.25, -0.2) is 8.42 Å². The lowest BCUT2D eigenvalue weighted by molar-refractivity contribution is -0.140. The van der Waals surface area contributed by atoms with Gasteiger partial charge in [-0.2, -0.15) is 0 Å². The molecule has 1 atom stereocenters. The molecule has 1 aliphatic rings. The molecular weight excluding hydrogens is 685 g/mol. The summed E-state index contributed by atoms with van der Waals surface area (Å²) in [6.07, 6.45) is 5.03. The van der Waals surface area contributed by atoms with Crippen molar-refractivity contribution >= 4 is 78.3 Å². The van der Waals surface area contributed by atoms with E-state index in [9.17, 15) is 18.0 Å². The molecule has 1 aliphatic carbocycles. The summed E-state index contributed by atoms with van der Waals surface area (Å²) in [5.41, 5.74) is 1.64. The van der Waals surface area contributed by atoms with Crippen LogP contribution in [-0.4, -0.2) is 50.0 Å². The molecule has 1 N–H and O–H groups in total. The number of hydrogen-bond acceptors (Lipinski definition) is 4. The maximum Gasteiger partial charge on any atom is 0.244 e. The molecule has 4 rings (SSSR count). The van der Waals surface area contributed by atoms with Gasteiger partial charge < -0.3 is 10.2 Å². The van der Waals surface area contributed by atoms with E-state index >= 15 is 0 Å². The number of carbonyl (C=O) groups excluding carboxylic acids is 2. The molecular formula is C30H31BrCl3N3O4S. The molecule has 0 bridgehead atoms. The number of benzene rings is 3. The molecule has 224 valence electrons. The molecule has 0 spiro atoms. The zero-order chi connectivity index (χ0) is 30.4. The molecule has 1 unspecified atom stereocenters. The van der Waals surface area contributed by atoms with Gasteiger partial charge in [-0.15, -0.1) is 0 Å². The maximum absolute atomic E-state index is 14.2. The normalized spacial score (nSPS) is 14.4. The number of carbonyl (C=O) groups is 2. The fourth-order valence-corrected chi connectivity index (χ4v) is 7.04. The van der Waals surface area contributed by atoms with Gasteiger partial charge >= 0.3 is 0 Å². The lowest BCUT2D eigenvalue weighted by Crippen LogP contribution is -2.54. The van der Waals surface area contributed by atoms with Crippen LogP contribution in [0, 0.1) is 0 Å². The molecule has 0 aromatic heterocycles. The summed E-state index contributed by atoms with van der Waals surface area (Å²) < 4.78 is 27.7. The summed E-state index contributed by atoms with van der Waals surface area (Å²) >= 11 is 22.1. The molecule has 0 radical (unpaired) electrons. The first-order chi connectivity index (χ1) is 19.9. The third kappa shape index (κ3) is 8.63. The molecule has 3 aromatic rings. The van der Waals surface area contributed by atoms with E-state index in [2.05, 4.69) is 21.2 Å². The second-order valence-electron chi connectivity index (χ2n) is 10.3. The molecule has 0 heterocycles. The van der Waals surface area contributed by atoms with Gasteiger partial charge in [-0.05, 0) is 48.2 Å². The van der Waals surface area contributed by atoms with Gasteiger partial charge in [0.05, 0.1) is 27.0 Å². The van der Waals surface area contributed by atoms with Gasteiger partial charge in [0.2, 0.25) is 21.8 Å². The Balaban J connectivity index is 1.75. The summed E-state index contributed by atoms with van der Waals surface area (Å²) in [6.45, 7) is -0.535. The van der Waals surface area contributed by atoms with Gasteiger partial charge in [0, 0.05) is 23.5 Å². The van der Waals surface area contributed by atoms with Gasteiger partial charge in [-0.3, -0.25) is 13.9 Å².